The van der Waals surface area contributed by atoms with E-state index in [2.05, 4.69) is 31.9 Å². The van der Waals surface area contributed by atoms with Gasteiger partial charge in [-0.05, 0) is 40.2 Å². The summed E-state index contributed by atoms with van der Waals surface area (Å²) in [6.07, 6.45) is 0. The number of ketones is 1. The van der Waals surface area contributed by atoms with Crippen LogP contribution in [0.25, 0.3) is 0 Å². The first-order chi connectivity index (χ1) is 9.96. The summed E-state index contributed by atoms with van der Waals surface area (Å²) in [5, 5.41) is 0. The van der Waals surface area contributed by atoms with Gasteiger partial charge in [-0.25, -0.2) is 0 Å². The first-order valence-electron chi connectivity index (χ1n) is 5.98. The lowest BCUT2D eigenvalue weighted by Gasteiger charge is -2.12. The van der Waals surface area contributed by atoms with Crippen molar-refractivity contribution in [2.24, 2.45) is 0 Å². The molecule has 0 saturated carbocycles. The Hall–Kier alpha value is -1.53. The molecule has 2 aromatic carbocycles. The predicted octanol–water partition coefficient (Wildman–Crippen LogP) is 4.04. The van der Waals surface area contributed by atoms with Crippen molar-refractivity contribution in [3.05, 3.63) is 50.4 Å². The topological polar surface area (TPSA) is 61.5 Å². The molecule has 0 heterocycles. The van der Waals surface area contributed by atoms with Crippen LogP contribution >= 0.6 is 31.9 Å². The third-order valence-corrected chi connectivity index (χ3v) is 3.98. The third-order valence-electron chi connectivity index (χ3n) is 2.89. The van der Waals surface area contributed by atoms with Gasteiger partial charge in [-0.2, -0.15) is 0 Å². The molecule has 2 aromatic rings. The van der Waals surface area contributed by atoms with Crippen molar-refractivity contribution in [3.8, 4) is 11.5 Å². The Kier molecular flexibility index (Phi) is 4.90. The van der Waals surface area contributed by atoms with Crippen LogP contribution < -0.4 is 15.2 Å². The van der Waals surface area contributed by atoms with Gasteiger partial charge in [-0.1, -0.05) is 15.9 Å². The van der Waals surface area contributed by atoms with Crippen molar-refractivity contribution >= 4 is 43.3 Å². The molecule has 0 atom stereocenters. The van der Waals surface area contributed by atoms with Gasteiger partial charge in [0.05, 0.1) is 19.8 Å². The number of nitrogens with two attached hydrogens (primary N) is 1. The molecule has 110 valence electrons. The maximum Gasteiger partial charge on any atom is 0.198 e. The van der Waals surface area contributed by atoms with E-state index in [0.717, 1.165) is 4.47 Å². The molecule has 0 aromatic heterocycles. The van der Waals surface area contributed by atoms with Crippen molar-refractivity contribution in [1.82, 2.24) is 0 Å². The lowest BCUT2D eigenvalue weighted by Crippen LogP contribution is -2.06. The van der Waals surface area contributed by atoms with E-state index in [-0.39, 0.29) is 5.78 Å². The Morgan fingerprint density at radius 3 is 2.33 bits per heavy atom. The predicted molar refractivity (Wildman–Crippen MR) is 89.2 cm³/mol. The average Bonchev–Trinajstić information content (AvgIpc) is 2.44. The third kappa shape index (κ3) is 3.39. The van der Waals surface area contributed by atoms with Gasteiger partial charge in [-0.15, -0.1) is 0 Å². The molecule has 6 heteroatoms. The van der Waals surface area contributed by atoms with Gasteiger partial charge in [-0.3, -0.25) is 4.79 Å². The van der Waals surface area contributed by atoms with E-state index in [4.69, 9.17) is 15.2 Å². The van der Waals surface area contributed by atoms with Crippen LogP contribution in [0.4, 0.5) is 5.69 Å². The van der Waals surface area contributed by atoms with Gasteiger partial charge in [0.15, 0.2) is 5.78 Å². The number of hydrogen-bond donors (Lipinski definition) is 1. The van der Waals surface area contributed by atoms with Gasteiger partial charge in [0.1, 0.15) is 11.5 Å². The second-order valence-corrected chi connectivity index (χ2v) is 6.06. The fourth-order valence-corrected chi connectivity index (χ4v) is 3.06. The van der Waals surface area contributed by atoms with Crippen LogP contribution in [0.1, 0.15) is 15.9 Å². The Morgan fingerprint density at radius 1 is 1.05 bits per heavy atom. The fraction of sp³-hybridized carbons (Fsp3) is 0.133. The Labute approximate surface area is 139 Å². The molecular weight excluding hydrogens is 402 g/mol. The number of benzene rings is 2. The van der Waals surface area contributed by atoms with Gasteiger partial charge in [0.2, 0.25) is 0 Å². The first-order valence-corrected chi connectivity index (χ1v) is 7.57. The summed E-state index contributed by atoms with van der Waals surface area (Å²) in [7, 11) is 3.06. The Bertz CT molecular complexity index is 681. The molecular formula is C15H13Br2NO3. The van der Waals surface area contributed by atoms with Crippen LogP contribution in [0.3, 0.4) is 0 Å². The number of halogens is 2. The van der Waals surface area contributed by atoms with Gasteiger partial charge in [0.25, 0.3) is 0 Å². The van der Waals surface area contributed by atoms with Gasteiger partial charge in [0, 0.05) is 26.3 Å². The van der Waals surface area contributed by atoms with Crippen molar-refractivity contribution in [2.75, 3.05) is 20.0 Å². The van der Waals surface area contributed by atoms with Gasteiger partial charge < -0.3 is 15.2 Å². The number of rotatable bonds is 4. The van der Waals surface area contributed by atoms with Crippen LogP contribution in [0.2, 0.25) is 0 Å². The molecule has 4 nitrogen and oxygen atoms in total. The number of ether oxygens (including phenoxy) is 2. The Balaban J connectivity index is 2.57. The van der Waals surface area contributed by atoms with Crippen LogP contribution in [-0.2, 0) is 0 Å². The van der Waals surface area contributed by atoms with E-state index in [1.807, 2.05) is 0 Å². The lowest BCUT2D eigenvalue weighted by atomic mass is 10.0. The van der Waals surface area contributed by atoms with Gasteiger partial charge >= 0.3 is 0 Å². The minimum absolute atomic E-state index is 0.186. The first kappa shape index (κ1) is 15.9. The smallest absolute Gasteiger partial charge is 0.198 e. The van der Waals surface area contributed by atoms with E-state index in [9.17, 15) is 4.79 Å². The highest BCUT2D eigenvalue weighted by Gasteiger charge is 2.20. The maximum absolute atomic E-state index is 12.7. The SMILES string of the molecule is COc1cc(Br)c(C(=O)c2cc(N)cc(Br)c2)c(OC)c1. The van der Waals surface area contributed by atoms with E-state index in [1.54, 1.807) is 37.4 Å². The highest BCUT2D eigenvalue weighted by Crippen LogP contribution is 2.34. The van der Waals surface area contributed by atoms with Crippen molar-refractivity contribution in [2.45, 2.75) is 0 Å². The number of carbonyl (C=O) groups is 1. The summed E-state index contributed by atoms with van der Waals surface area (Å²) in [4.78, 5) is 12.7. The molecule has 0 aliphatic carbocycles. The quantitative estimate of drug-likeness (QED) is 0.605. The molecule has 0 saturated heterocycles. The number of anilines is 1. The fourth-order valence-electron chi connectivity index (χ4n) is 1.94. The van der Waals surface area contributed by atoms with E-state index in [0.29, 0.717) is 32.8 Å². The zero-order chi connectivity index (χ0) is 15.6. The molecule has 21 heavy (non-hydrogen) atoms. The molecule has 0 amide bonds. The maximum atomic E-state index is 12.7. The molecule has 0 radical (unpaired) electrons. The van der Waals surface area contributed by atoms with Crippen molar-refractivity contribution in [1.29, 1.82) is 0 Å². The minimum atomic E-state index is -0.186. The van der Waals surface area contributed by atoms with Crippen LogP contribution in [-0.4, -0.2) is 20.0 Å². The minimum Gasteiger partial charge on any atom is -0.497 e. The lowest BCUT2D eigenvalue weighted by molar-refractivity contribution is 0.103. The summed E-state index contributed by atoms with van der Waals surface area (Å²) in [6.45, 7) is 0. The summed E-state index contributed by atoms with van der Waals surface area (Å²) in [5.41, 5.74) is 7.20. The second-order valence-electron chi connectivity index (χ2n) is 4.29. The Morgan fingerprint density at radius 2 is 1.76 bits per heavy atom. The standard InChI is InChI=1S/C15H13Br2NO3/c1-20-11-6-12(17)14(13(7-11)21-2)15(19)8-3-9(16)5-10(18)4-8/h3-7H,18H2,1-2H3. The number of hydrogen-bond acceptors (Lipinski definition) is 4. The van der Waals surface area contributed by atoms with Crippen LogP contribution in [0.15, 0.2) is 39.3 Å². The zero-order valence-electron chi connectivity index (χ0n) is 11.4. The summed E-state index contributed by atoms with van der Waals surface area (Å²) < 4.78 is 11.8. The molecule has 0 bridgehead atoms. The average molecular weight is 415 g/mol. The second kappa shape index (κ2) is 6.49. The van der Waals surface area contributed by atoms with Crippen LogP contribution in [0.5, 0.6) is 11.5 Å². The zero-order valence-corrected chi connectivity index (χ0v) is 14.6. The molecule has 0 aliphatic heterocycles. The summed E-state index contributed by atoms with van der Waals surface area (Å²) in [6, 6.07) is 8.46. The largest absolute Gasteiger partial charge is 0.497 e. The summed E-state index contributed by atoms with van der Waals surface area (Å²) in [5.74, 6) is 0.850. The number of nitrogen functional groups attached to an aromatic ring is 1. The summed E-state index contributed by atoms with van der Waals surface area (Å²) >= 11 is 6.73. The van der Waals surface area contributed by atoms with Crippen LogP contribution in [0, 0.1) is 0 Å². The molecule has 2 rings (SSSR count). The van der Waals surface area contributed by atoms with E-state index in [1.165, 1.54) is 7.11 Å². The molecule has 0 spiro atoms. The molecule has 0 fully saturated rings. The highest BCUT2D eigenvalue weighted by molar-refractivity contribution is 9.10. The molecule has 2 N–H and O–H groups in total. The van der Waals surface area contributed by atoms with Crippen molar-refractivity contribution < 1.29 is 14.3 Å². The van der Waals surface area contributed by atoms with Crippen molar-refractivity contribution in [3.63, 3.8) is 0 Å². The number of methoxy groups -OCH3 is 2. The van der Waals surface area contributed by atoms with E-state index >= 15 is 0 Å². The number of carbonyl (C=O) groups excluding carboxylic acids is 1. The normalized spacial score (nSPS) is 10.3. The molecule has 0 unspecified atom stereocenters. The molecule has 0 aliphatic rings. The highest BCUT2D eigenvalue weighted by atomic mass is 79.9. The van der Waals surface area contributed by atoms with E-state index < -0.39 is 0 Å². The monoisotopic (exact) mass is 413 g/mol.